The lowest BCUT2D eigenvalue weighted by atomic mass is 9.82. The van der Waals surface area contributed by atoms with Crippen LogP contribution in [0, 0.1) is 5.92 Å². The van der Waals surface area contributed by atoms with E-state index >= 15 is 0 Å². The van der Waals surface area contributed by atoms with Crippen molar-refractivity contribution in [3.05, 3.63) is 0 Å². The Kier molecular flexibility index (Phi) is 2.34. The van der Waals surface area contributed by atoms with Crippen molar-refractivity contribution in [1.82, 2.24) is 0 Å². The fourth-order valence-corrected chi connectivity index (χ4v) is 1.43. The number of nitrogens with two attached hydrogens (primary N) is 1. The summed E-state index contributed by atoms with van der Waals surface area (Å²) in [4.78, 5) is 0. The van der Waals surface area contributed by atoms with Crippen LogP contribution in [0.3, 0.4) is 0 Å². The van der Waals surface area contributed by atoms with Gasteiger partial charge in [-0.15, -0.1) is 0 Å². The highest BCUT2D eigenvalue weighted by atomic mass is 16.3. The standard InChI is InChI=1S/C6H12BNO2/c7-4-1-5(10)3(2-9)6(4)8/h3-6,9-10H,1-2,8H2/t3-,4+,5+,6+/m1/s1. The summed E-state index contributed by atoms with van der Waals surface area (Å²) in [5.74, 6) is -0.387. The average Bonchev–Trinajstić information content (AvgIpc) is 2.09. The van der Waals surface area contributed by atoms with Crippen LogP contribution in [0.1, 0.15) is 6.42 Å². The molecular formula is C6H12BNO2. The van der Waals surface area contributed by atoms with Crippen molar-refractivity contribution in [3.8, 4) is 0 Å². The summed E-state index contributed by atoms with van der Waals surface area (Å²) in [7, 11) is 5.54. The second kappa shape index (κ2) is 2.90. The highest BCUT2D eigenvalue weighted by Gasteiger charge is 2.36. The van der Waals surface area contributed by atoms with Crippen LogP contribution in [0.2, 0.25) is 5.82 Å². The highest BCUT2D eigenvalue weighted by Crippen LogP contribution is 2.31. The van der Waals surface area contributed by atoms with Gasteiger partial charge in [0.1, 0.15) is 0 Å². The topological polar surface area (TPSA) is 66.5 Å². The van der Waals surface area contributed by atoms with Gasteiger partial charge in [0, 0.05) is 18.6 Å². The van der Waals surface area contributed by atoms with Crippen LogP contribution in [0.4, 0.5) is 0 Å². The number of aliphatic hydroxyl groups is 2. The van der Waals surface area contributed by atoms with E-state index in [0.717, 1.165) is 0 Å². The molecule has 1 fully saturated rings. The van der Waals surface area contributed by atoms with Gasteiger partial charge in [-0.05, 0) is 6.42 Å². The van der Waals surface area contributed by atoms with Gasteiger partial charge in [-0.25, -0.2) is 0 Å². The first-order chi connectivity index (χ1) is 4.66. The van der Waals surface area contributed by atoms with Crippen LogP contribution in [0.15, 0.2) is 0 Å². The molecule has 1 saturated carbocycles. The second-order valence-electron chi connectivity index (χ2n) is 2.89. The minimum atomic E-state index is -0.519. The molecule has 0 heterocycles. The third kappa shape index (κ3) is 1.19. The molecule has 56 valence electrons. The Morgan fingerprint density at radius 1 is 1.60 bits per heavy atom. The minimum absolute atomic E-state index is 0.0734. The Bertz CT molecular complexity index is 122. The highest BCUT2D eigenvalue weighted by molar-refractivity contribution is 6.12. The van der Waals surface area contributed by atoms with E-state index in [9.17, 15) is 5.11 Å². The molecule has 1 aliphatic carbocycles. The molecule has 0 unspecified atom stereocenters. The molecular weight excluding hydrogens is 129 g/mol. The largest absolute Gasteiger partial charge is 0.396 e. The molecule has 2 radical (unpaired) electrons. The van der Waals surface area contributed by atoms with Crippen LogP contribution in [-0.2, 0) is 0 Å². The fourth-order valence-electron chi connectivity index (χ4n) is 1.43. The maximum absolute atomic E-state index is 9.21. The number of rotatable bonds is 1. The zero-order valence-corrected chi connectivity index (χ0v) is 5.77. The molecule has 0 aromatic rings. The summed E-state index contributed by atoms with van der Waals surface area (Å²) in [6.07, 6.45) is -0.0122. The smallest absolute Gasteiger partial charge is 0.0722 e. The monoisotopic (exact) mass is 141 g/mol. The SMILES string of the molecule is [B][C@H]1C[C@H](O)[C@@H](CO)[C@@H]1N. The van der Waals surface area contributed by atoms with Crippen molar-refractivity contribution < 1.29 is 10.2 Å². The van der Waals surface area contributed by atoms with Crippen LogP contribution < -0.4 is 5.73 Å². The van der Waals surface area contributed by atoms with Crippen LogP contribution in [0.5, 0.6) is 0 Å². The van der Waals surface area contributed by atoms with E-state index < -0.39 is 6.10 Å². The lowest BCUT2D eigenvalue weighted by molar-refractivity contribution is 0.0850. The number of aliphatic hydroxyl groups excluding tert-OH is 2. The Hall–Kier alpha value is -0.0551. The van der Waals surface area contributed by atoms with E-state index in [0.29, 0.717) is 6.42 Å². The molecule has 4 atom stereocenters. The van der Waals surface area contributed by atoms with E-state index in [1.165, 1.54) is 0 Å². The van der Waals surface area contributed by atoms with E-state index in [4.69, 9.17) is 18.7 Å². The van der Waals surface area contributed by atoms with Crippen molar-refractivity contribution in [2.45, 2.75) is 24.4 Å². The van der Waals surface area contributed by atoms with Gasteiger partial charge in [0.2, 0.25) is 0 Å². The second-order valence-corrected chi connectivity index (χ2v) is 2.89. The summed E-state index contributed by atoms with van der Waals surface area (Å²) < 4.78 is 0. The van der Waals surface area contributed by atoms with Gasteiger partial charge in [0.15, 0.2) is 0 Å². The molecule has 1 aliphatic rings. The first-order valence-electron chi connectivity index (χ1n) is 3.47. The van der Waals surface area contributed by atoms with Crippen molar-refractivity contribution in [2.75, 3.05) is 6.61 Å². The molecule has 3 nitrogen and oxygen atoms in total. The summed E-state index contributed by atoms with van der Waals surface area (Å²) >= 11 is 0. The zero-order chi connectivity index (χ0) is 7.72. The zero-order valence-electron chi connectivity index (χ0n) is 5.77. The lowest BCUT2D eigenvalue weighted by Crippen LogP contribution is -2.34. The van der Waals surface area contributed by atoms with Gasteiger partial charge in [-0.2, -0.15) is 0 Å². The number of hydrogen-bond acceptors (Lipinski definition) is 3. The molecule has 0 aromatic carbocycles. The summed E-state index contributed by atoms with van der Waals surface area (Å²) in [5.41, 5.74) is 5.58. The Balaban J connectivity index is 2.55. The predicted octanol–water partition coefficient (Wildman–Crippen LogP) is -1.36. The summed E-state index contributed by atoms with van der Waals surface area (Å²) in [5, 5.41) is 17.9. The van der Waals surface area contributed by atoms with E-state index in [-0.39, 0.29) is 24.4 Å². The first-order valence-corrected chi connectivity index (χ1v) is 3.47. The van der Waals surface area contributed by atoms with Crippen LogP contribution >= 0.6 is 0 Å². The first kappa shape index (κ1) is 8.05. The molecule has 0 aromatic heterocycles. The van der Waals surface area contributed by atoms with Gasteiger partial charge in [0.25, 0.3) is 0 Å². The molecule has 4 N–H and O–H groups in total. The normalized spacial score (nSPS) is 47.9. The Morgan fingerprint density at radius 3 is 2.40 bits per heavy atom. The Labute approximate surface area is 61.6 Å². The quantitative estimate of drug-likeness (QED) is 0.395. The number of hydrogen-bond donors (Lipinski definition) is 3. The molecule has 1 rings (SSSR count). The van der Waals surface area contributed by atoms with E-state index in [2.05, 4.69) is 0 Å². The lowest BCUT2D eigenvalue weighted by Gasteiger charge is -2.16. The minimum Gasteiger partial charge on any atom is -0.396 e. The average molecular weight is 141 g/mol. The molecule has 0 amide bonds. The van der Waals surface area contributed by atoms with Crippen molar-refractivity contribution in [1.29, 1.82) is 0 Å². The van der Waals surface area contributed by atoms with Gasteiger partial charge in [-0.1, -0.05) is 5.82 Å². The maximum atomic E-state index is 9.21. The van der Waals surface area contributed by atoms with E-state index in [1.807, 2.05) is 0 Å². The van der Waals surface area contributed by atoms with Crippen molar-refractivity contribution >= 4 is 7.85 Å². The van der Waals surface area contributed by atoms with Gasteiger partial charge in [-0.3, -0.25) is 0 Å². The van der Waals surface area contributed by atoms with Crippen LogP contribution in [-0.4, -0.2) is 36.8 Å². The van der Waals surface area contributed by atoms with Gasteiger partial charge >= 0.3 is 0 Å². The van der Waals surface area contributed by atoms with Crippen LogP contribution in [0.25, 0.3) is 0 Å². The molecule has 10 heavy (non-hydrogen) atoms. The summed E-state index contributed by atoms with van der Waals surface area (Å²) in [6, 6.07) is -0.250. The maximum Gasteiger partial charge on any atom is 0.0722 e. The molecule has 0 aliphatic heterocycles. The molecule has 0 spiro atoms. The van der Waals surface area contributed by atoms with Gasteiger partial charge in [0.05, 0.1) is 14.0 Å². The van der Waals surface area contributed by atoms with Gasteiger partial charge < -0.3 is 15.9 Å². The van der Waals surface area contributed by atoms with E-state index in [1.54, 1.807) is 0 Å². The van der Waals surface area contributed by atoms with Crippen molar-refractivity contribution in [3.63, 3.8) is 0 Å². The molecule has 4 heteroatoms. The third-order valence-electron chi connectivity index (χ3n) is 2.21. The Morgan fingerprint density at radius 2 is 2.20 bits per heavy atom. The molecule has 0 saturated heterocycles. The van der Waals surface area contributed by atoms with Crippen molar-refractivity contribution in [2.24, 2.45) is 11.7 Å². The predicted molar refractivity (Wildman–Crippen MR) is 38.7 cm³/mol. The fraction of sp³-hybridized carbons (Fsp3) is 1.00. The molecule has 0 bridgehead atoms. The summed E-state index contributed by atoms with van der Waals surface area (Å²) in [6.45, 7) is -0.0734. The third-order valence-corrected chi connectivity index (χ3v) is 2.21.